The quantitative estimate of drug-likeness (QED) is 0.165. The summed E-state index contributed by atoms with van der Waals surface area (Å²) < 4.78 is 4.75. The first kappa shape index (κ1) is 32.4. The van der Waals surface area contributed by atoms with Gasteiger partial charge in [-0.05, 0) is 46.2 Å². The summed E-state index contributed by atoms with van der Waals surface area (Å²) in [4.78, 5) is 10.8. The molecule has 0 atom stereocenters. The fourth-order valence-electron chi connectivity index (χ4n) is 9.07. The van der Waals surface area contributed by atoms with Crippen LogP contribution in [-0.2, 0) is 0 Å². The minimum Gasteiger partial charge on any atom is -0.291 e. The zero-order chi connectivity index (χ0) is 38.2. The third-order valence-corrected chi connectivity index (χ3v) is 11.7. The summed E-state index contributed by atoms with van der Waals surface area (Å²) in [5, 5.41) is 6.99. The molecular weight excluding hydrogens is 705 g/mol. The summed E-state index contributed by atoms with van der Waals surface area (Å²) in [5.74, 6) is 0. The van der Waals surface area contributed by atoms with Gasteiger partial charge in [-0.3, -0.25) is 8.80 Å². The van der Waals surface area contributed by atoms with Gasteiger partial charge in [0.15, 0.2) is 0 Å². The van der Waals surface area contributed by atoms with Gasteiger partial charge in [-0.2, -0.15) is 0 Å². The van der Waals surface area contributed by atoms with Crippen molar-refractivity contribution in [2.45, 2.75) is 0 Å². The van der Waals surface area contributed by atoms with Gasteiger partial charge in [0.2, 0.25) is 0 Å². The van der Waals surface area contributed by atoms with E-state index in [4.69, 9.17) is 9.97 Å². The predicted molar refractivity (Wildman–Crippen MR) is 241 cm³/mol. The van der Waals surface area contributed by atoms with Crippen LogP contribution in [0.25, 0.3) is 111 Å². The van der Waals surface area contributed by atoms with E-state index in [1.165, 1.54) is 21.5 Å². The highest BCUT2D eigenvalue weighted by atomic mass is 15.0. The monoisotopic (exact) mass is 738 g/mol. The van der Waals surface area contributed by atoms with Crippen LogP contribution in [0.4, 0.5) is 0 Å². The zero-order valence-electron chi connectivity index (χ0n) is 31.4. The molecule has 0 radical (unpaired) electrons. The Hall–Kier alpha value is -7.82. The first-order valence-corrected chi connectivity index (χ1v) is 19.8. The van der Waals surface area contributed by atoms with Gasteiger partial charge in [0.25, 0.3) is 0 Å². The topological polar surface area (TPSA) is 34.6 Å². The first-order valence-electron chi connectivity index (χ1n) is 19.8. The maximum Gasteiger partial charge on any atom is 0.146 e. The molecule has 0 aliphatic rings. The number of aromatic nitrogens is 4. The molecule has 8 aromatic carbocycles. The van der Waals surface area contributed by atoms with Gasteiger partial charge < -0.3 is 0 Å². The SMILES string of the molecule is c1ccc(-c2nc3c4ccccc4c4cc(-c5ccc6c(c5)c5ccccc5c5nc(-c7ccccc7)c(-c7ccccc7)n65)ccc4n3c2-c2ccccc2)cc1. The number of nitrogens with zero attached hydrogens (tertiary/aromatic N) is 4. The molecule has 0 saturated carbocycles. The zero-order valence-corrected chi connectivity index (χ0v) is 31.4. The van der Waals surface area contributed by atoms with E-state index >= 15 is 0 Å². The molecule has 4 heteroatoms. The summed E-state index contributed by atoms with van der Waals surface area (Å²) in [5.41, 5.74) is 15.1. The number of benzene rings is 8. The van der Waals surface area contributed by atoms with Gasteiger partial charge in [0.1, 0.15) is 11.3 Å². The Morgan fingerprint density at radius 1 is 0.259 bits per heavy atom. The van der Waals surface area contributed by atoms with E-state index in [1.54, 1.807) is 0 Å². The Bertz CT molecular complexity index is 3290. The number of hydrogen-bond donors (Lipinski definition) is 0. The number of pyridine rings is 2. The normalized spacial score (nSPS) is 11.8. The molecule has 58 heavy (non-hydrogen) atoms. The van der Waals surface area contributed by atoms with Crippen molar-refractivity contribution in [3.05, 3.63) is 206 Å². The van der Waals surface area contributed by atoms with Crippen molar-refractivity contribution in [1.82, 2.24) is 18.8 Å². The Morgan fingerprint density at radius 3 is 0.966 bits per heavy atom. The lowest BCUT2D eigenvalue weighted by Crippen LogP contribution is -1.96. The lowest BCUT2D eigenvalue weighted by Gasteiger charge is -2.15. The van der Waals surface area contributed by atoms with E-state index in [-0.39, 0.29) is 0 Å². The maximum absolute atomic E-state index is 5.41. The molecule has 0 bridgehead atoms. The van der Waals surface area contributed by atoms with Gasteiger partial charge in [-0.15, -0.1) is 0 Å². The molecule has 0 saturated heterocycles. The molecule has 0 N–H and O–H groups in total. The highest BCUT2D eigenvalue weighted by molar-refractivity contribution is 6.16. The number of fused-ring (bicyclic) bond motifs is 12. The molecule has 270 valence electrons. The maximum atomic E-state index is 5.41. The molecule has 0 amide bonds. The van der Waals surface area contributed by atoms with Gasteiger partial charge >= 0.3 is 0 Å². The minimum atomic E-state index is 0.958. The van der Waals surface area contributed by atoms with Crippen molar-refractivity contribution in [3.8, 4) is 56.2 Å². The van der Waals surface area contributed by atoms with Crippen LogP contribution in [0.1, 0.15) is 0 Å². The highest BCUT2D eigenvalue weighted by Gasteiger charge is 2.23. The summed E-state index contributed by atoms with van der Waals surface area (Å²) in [6.45, 7) is 0. The van der Waals surface area contributed by atoms with Gasteiger partial charge in [0, 0.05) is 43.8 Å². The van der Waals surface area contributed by atoms with Crippen LogP contribution in [0, 0.1) is 0 Å². The summed E-state index contributed by atoms with van der Waals surface area (Å²) in [7, 11) is 0. The lowest BCUT2D eigenvalue weighted by molar-refractivity contribution is 1.27. The average Bonchev–Trinajstić information content (AvgIpc) is 3.92. The fourth-order valence-corrected chi connectivity index (χ4v) is 9.07. The molecule has 0 unspecified atom stereocenters. The smallest absolute Gasteiger partial charge is 0.146 e. The Kier molecular flexibility index (Phi) is 7.20. The fraction of sp³-hybridized carbons (Fsp3) is 0. The van der Waals surface area contributed by atoms with E-state index in [9.17, 15) is 0 Å². The minimum absolute atomic E-state index is 0.958. The molecule has 0 spiro atoms. The molecule has 4 nitrogen and oxygen atoms in total. The molecular formula is C54H34N4. The van der Waals surface area contributed by atoms with Crippen molar-refractivity contribution in [2.24, 2.45) is 0 Å². The van der Waals surface area contributed by atoms with E-state index in [0.717, 1.165) is 89.3 Å². The molecule has 12 rings (SSSR count). The second-order valence-corrected chi connectivity index (χ2v) is 15.0. The van der Waals surface area contributed by atoms with Crippen molar-refractivity contribution in [3.63, 3.8) is 0 Å². The third-order valence-electron chi connectivity index (χ3n) is 11.7. The van der Waals surface area contributed by atoms with Crippen LogP contribution in [0.15, 0.2) is 206 Å². The largest absolute Gasteiger partial charge is 0.291 e. The molecule has 4 heterocycles. The number of rotatable bonds is 5. The number of imidazole rings is 2. The molecule has 4 aromatic heterocycles. The second kappa shape index (κ2) is 12.9. The van der Waals surface area contributed by atoms with Gasteiger partial charge in [0.05, 0.1) is 33.8 Å². The lowest BCUT2D eigenvalue weighted by atomic mass is 9.97. The second-order valence-electron chi connectivity index (χ2n) is 15.0. The van der Waals surface area contributed by atoms with Crippen molar-refractivity contribution >= 4 is 54.6 Å². The summed E-state index contributed by atoms with van der Waals surface area (Å²) in [6.07, 6.45) is 0. The standard InChI is InChI=1S/C54H34N4/c1-5-17-35(18-6-1)49-51(37-21-9-3-10-22-37)57-47-31-29-39(33-45(47)41-25-13-15-27-43(41)53(57)55-49)40-30-32-48-46(34-40)42-26-14-16-28-44(42)54-56-50(36-19-7-2-8-20-36)52(58(48)54)38-23-11-4-12-24-38/h1-34H. The van der Waals surface area contributed by atoms with E-state index < -0.39 is 0 Å². The van der Waals surface area contributed by atoms with Crippen LogP contribution in [0.3, 0.4) is 0 Å². The van der Waals surface area contributed by atoms with Crippen molar-refractivity contribution in [2.75, 3.05) is 0 Å². The first-order chi connectivity index (χ1) is 28.8. The Morgan fingerprint density at radius 2 is 0.586 bits per heavy atom. The van der Waals surface area contributed by atoms with E-state index in [2.05, 4.69) is 215 Å². The van der Waals surface area contributed by atoms with E-state index in [1.807, 2.05) is 0 Å². The van der Waals surface area contributed by atoms with Crippen LogP contribution in [0.5, 0.6) is 0 Å². The van der Waals surface area contributed by atoms with Crippen LogP contribution >= 0.6 is 0 Å². The van der Waals surface area contributed by atoms with E-state index in [0.29, 0.717) is 0 Å². The van der Waals surface area contributed by atoms with Crippen LogP contribution in [0.2, 0.25) is 0 Å². The summed E-state index contributed by atoms with van der Waals surface area (Å²) in [6, 6.07) is 73.7. The Labute approximate surface area is 334 Å². The molecule has 0 aliphatic heterocycles. The molecule has 12 aromatic rings. The van der Waals surface area contributed by atoms with Crippen molar-refractivity contribution < 1.29 is 0 Å². The summed E-state index contributed by atoms with van der Waals surface area (Å²) >= 11 is 0. The molecule has 0 aliphatic carbocycles. The highest BCUT2D eigenvalue weighted by Crippen LogP contribution is 2.42. The van der Waals surface area contributed by atoms with Gasteiger partial charge in [-0.1, -0.05) is 182 Å². The average molecular weight is 739 g/mol. The van der Waals surface area contributed by atoms with Crippen molar-refractivity contribution in [1.29, 1.82) is 0 Å². The van der Waals surface area contributed by atoms with Crippen LogP contribution < -0.4 is 0 Å². The Balaban J connectivity index is 1.14. The van der Waals surface area contributed by atoms with Crippen LogP contribution in [-0.4, -0.2) is 18.8 Å². The molecule has 0 fully saturated rings. The number of hydrogen-bond acceptors (Lipinski definition) is 2. The van der Waals surface area contributed by atoms with Gasteiger partial charge in [-0.25, -0.2) is 9.97 Å². The third kappa shape index (κ3) is 4.88. The predicted octanol–water partition coefficient (Wildman–Crippen LogP) is 13.9.